The molecule has 0 aromatic heterocycles. The summed E-state index contributed by atoms with van der Waals surface area (Å²) < 4.78 is 11.6. The molecule has 0 bridgehead atoms. The number of nitriles is 2. The number of carbonyl (C=O) groups excluding carboxylic acids is 2. The summed E-state index contributed by atoms with van der Waals surface area (Å²) in [6, 6.07) is 18.7. The predicted octanol–water partition coefficient (Wildman–Crippen LogP) is 6.27. The number of hydrogen-bond acceptors (Lipinski definition) is 8. The fourth-order valence-electron chi connectivity index (χ4n) is 7.12. The molecule has 0 unspecified atom stereocenters. The number of amides is 2. The summed E-state index contributed by atoms with van der Waals surface area (Å²) >= 11 is 0. The summed E-state index contributed by atoms with van der Waals surface area (Å²) in [4.78, 5) is 28.4. The van der Waals surface area contributed by atoms with Gasteiger partial charge in [0.05, 0.1) is 47.6 Å². The van der Waals surface area contributed by atoms with Gasteiger partial charge in [0, 0.05) is 25.9 Å². The number of nitrogens with zero attached hydrogens (tertiary/aromatic N) is 4. The van der Waals surface area contributed by atoms with E-state index in [0.29, 0.717) is 49.9 Å². The van der Waals surface area contributed by atoms with Gasteiger partial charge in [-0.3, -0.25) is 0 Å². The van der Waals surface area contributed by atoms with Gasteiger partial charge in [0.15, 0.2) is 0 Å². The molecule has 2 spiro atoms. The molecular formula is C36H44N4O6. The van der Waals surface area contributed by atoms with E-state index in [-0.39, 0.29) is 47.7 Å². The number of hydrogen-bond donors (Lipinski definition) is 2. The van der Waals surface area contributed by atoms with Crippen LogP contribution < -0.4 is 0 Å². The molecule has 2 heterocycles. The first-order chi connectivity index (χ1) is 22.1. The number of ether oxygens (including phenoxy) is 2. The molecule has 10 heteroatoms. The van der Waals surface area contributed by atoms with Crippen LogP contribution in [0, 0.1) is 22.7 Å². The number of rotatable bonds is 4. The lowest BCUT2D eigenvalue weighted by Gasteiger charge is -2.45. The normalized spacial score (nSPS) is 29.0. The van der Waals surface area contributed by atoms with Crippen molar-refractivity contribution in [2.75, 3.05) is 13.1 Å². The van der Waals surface area contributed by atoms with E-state index in [4.69, 9.17) is 20.0 Å². The fraction of sp³-hybridized carbons (Fsp3) is 0.556. The van der Waals surface area contributed by atoms with Gasteiger partial charge < -0.3 is 29.5 Å². The Kier molecular flexibility index (Phi) is 10.2. The zero-order valence-corrected chi connectivity index (χ0v) is 26.7. The Morgan fingerprint density at radius 2 is 0.978 bits per heavy atom. The molecule has 2 saturated carbocycles. The summed E-state index contributed by atoms with van der Waals surface area (Å²) in [6.07, 6.45) is 6.39. The Morgan fingerprint density at radius 1 is 0.652 bits per heavy atom. The monoisotopic (exact) mass is 628 g/mol. The Morgan fingerprint density at radius 3 is 1.26 bits per heavy atom. The molecule has 2 saturated heterocycles. The SMILES string of the molecule is C[C@@H](c1ccc(C#N)cc1)N1CCC2(CCC(O)CC2)OC1=O.C[C@@H](c1ccc(C#N)cc1)N1CCC2(CCC(O)CC2)OC1=O. The van der Waals surface area contributed by atoms with Gasteiger partial charge in [-0.05, 0) is 101 Å². The first-order valence-electron chi connectivity index (χ1n) is 16.4. The van der Waals surface area contributed by atoms with Gasteiger partial charge in [-0.2, -0.15) is 10.5 Å². The topological polar surface area (TPSA) is 147 Å². The van der Waals surface area contributed by atoms with Crippen molar-refractivity contribution in [3.05, 3.63) is 70.8 Å². The molecule has 2 aliphatic carbocycles. The molecule has 2 N–H and O–H groups in total. The molecule has 244 valence electrons. The lowest BCUT2D eigenvalue weighted by Crippen LogP contribution is -2.52. The molecule has 46 heavy (non-hydrogen) atoms. The summed E-state index contributed by atoms with van der Waals surface area (Å²) in [6.45, 7) is 5.28. The van der Waals surface area contributed by atoms with Crippen LogP contribution in [0.15, 0.2) is 48.5 Å². The molecule has 4 fully saturated rings. The molecule has 2 atom stereocenters. The highest BCUT2D eigenvalue weighted by Gasteiger charge is 2.45. The van der Waals surface area contributed by atoms with Crippen molar-refractivity contribution < 1.29 is 29.3 Å². The van der Waals surface area contributed by atoms with E-state index in [0.717, 1.165) is 49.7 Å². The average Bonchev–Trinajstić information content (AvgIpc) is 3.08. The maximum absolute atomic E-state index is 12.5. The number of aliphatic hydroxyl groups excluding tert-OH is 2. The summed E-state index contributed by atoms with van der Waals surface area (Å²) in [5.74, 6) is 0. The Bertz CT molecular complexity index is 1340. The second kappa shape index (κ2) is 14.1. The van der Waals surface area contributed by atoms with Gasteiger partial charge in [-0.25, -0.2) is 9.59 Å². The smallest absolute Gasteiger partial charge is 0.410 e. The van der Waals surface area contributed by atoms with Crippen molar-refractivity contribution in [1.29, 1.82) is 10.5 Å². The van der Waals surface area contributed by atoms with Crippen molar-refractivity contribution in [3.8, 4) is 12.1 Å². The maximum Gasteiger partial charge on any atom is 0.410 e. The second-order valence-electron chi connectivity index (χ2n) is 13.3. The maximum atomic E-state index is 12.5. The zero-order valence-electron chi connectivity index (χ0n) is 26.7. The Balaban J connectivity index is 0.000000181. The van der Waals surface area contributed by atoms with Crippen LogP contribution in [0.5, 0.6) is 0 Å². The van der Waals surface area contributed by atoms with Crippen LogP contribution in [0.4, 0.5) is 9.59 Å². The van der Waals surface area contributed by atoms with E-state index in [2.05, 4.69) is 12.1 Å². The third-order valence-corrected chi connectivity index (χ3v) is 10.4. The first kappa shape index (κ1) is 33.2. The minimum atomic E-state index is -0.378. The largest absolute Gasteiger partial charge is 0.443 e. The zero-order chi connectivity index (χ0) is 32.9. The minimum Gasteiger partial charge on any atom is -0.443 e. The summed E-state index contributed by atoms with van der Waals surface area (Å²) in [5.41, 5.74) is 2.46. The van der Waals surface area contributed by atoms with E-state index in [1.54, 1.807) is 34.1 Å². The van der Waals surface area contributed by atoms with Gasteiger partial charge in [0.1, 0.15) is 11.2 Å². The third-order valence-electron chi connectivity index (χ3n) is 10.4. The lowest BCUT2D eigenvalue weighted by molar-refractivity contribution is -0.0911. The van der Waals surface area contributed by atoms with Crippen LogP contribution >= 0.6 is 0 Å². The molecule has 0 radical (unpaired) electrons. The lowest BCUT2D eigenvalue weighted by atomic mass is 9.80. The standard InChI is InChI=1S/2C18H22N2O3/c2*1-13(15-4-2-14(12-19)3-5-15)20-11-10-18(23-17(20)22)8-6-16(21)7-9-18/h2*2-5,13,16,21H,6-11H2,1H3/t2*13-,16?,18?/m00/s1. The van der Waals surface area contributed by atoms with Crippen molar-refractivity contribution in [2.45, 2.75) is 114 Å². The van der Waals surface area contributed by atoms with E-state index in [1.807, 2.05) is 38.1 Å². The highest BCUT2D eigenvalue weighted by molar-refractivity contribution is 5.70. The second-order valence-corrected chi connectivity index (χ2v) is 13.3. The van der Waals surface area contributed by atoms with Crippen molar-refractivity contribution >= 4 is 12.2 Å². The third kappa shape index (κ3) is 7.46. The van der Waals surface area contributed by atoms with Gasteiger partial charge in [-0.15, -0.1) is 0 Å². The fourth-order valence-corrected chi connectivity index (χ4v) is 7.12. The van der Waals surface area contributed by atoms with E-state index in [1.165, 1.54) is 0 Å². The number of carbonyl (C=O) groups is 2. The molecule has 2 aromatic rings. The minimum absolute atomic E-state index is 0.0817. The van der Waals surface area contributed by atoms with E-state index < -0.39 is 0 Å². The molecule has 4 aliphatic rings. The van der Waals surface area contributed by atoms with Crippen LogP contribution in [0.25, 0.3) is 0 Å². The van der Waals surface area contributed by atoms with Gasteiger partial charge in [-0.1, -0.05) is 24.3 Å². The number of aliphatic hydroxyl groups is 2. The van der Waals surface area contributed by atoms with Crippen LogP contribution in [-0.2, 0) is 9.47 Å². The molecule has 2 aromatic carbocycles. The van der Waals surface area contributed by atoms with Crippen LogP contribution in [-0.4, -0.2) is 68.7 Å². The van der Waals surface area contributed by atoms with Gasteiger partial charge in [0.2, 0.25) is 0 Å². The molecule has 10 nitrogen and oxygen atoms in total. The molecule has 2 aliphatic heterocycles. The van der Waals surface area contributed by atoms with Crippen molar-refractivity contribution in [1.82, 2.24) is 9.80 Å². The first-order valence-corrected chi connectivity index (χ1v) is 16.4. The van der Waals surface area contributed by atoms with Crippen LogP contribution in [0.3, 0.4) is 0 Å². The van der Waals surface area contributed by atoms with Crippen molar-refractivity contribution in [2.24, 2.45) is 0 Å². The van der Waals surface area contributed by atoms with E-state index in [9.17, 15) is 19.8 Å². The summed E-state index contributed by atoms with van der Waals surface area (Å²) in [5, 5.41) is 37.0. The van der Waals surface area contributed by atoms with Crippen molar-refractivity contribution in [3.63, 3.8) is 0 Å². The highest BCUT2D eigenvalue weighted by Crippen LogP contribution is 2.41. The summed E-state index contributed by atoms with van der Waals surface area (Å²) in [7, 11) is 0. The van der Waals surface area contributed by atoms with Gasteiger partial charge in [0.25, 0.3) is 0 Å². The quantitative estimate of drug-likeness (QED) is 0.403. The Labute approximate surface area is 271 Å². The van der Waals surface area contributed by atoms with E-state index >= 15 is 0 Å². The molecule has 6 rings (SSSR count). The van der Waals surface area contributed by atoms with Crippen LogP contribution in [0.1, 0.15) is 112 Å². The van der Waals surface area contributed by atoms with Crippen LogP contribution in [0.2, 0.25) is 0 Å². The number of benzene rings is 2. The predicted molar refractivity (Wildman–Crippen MR) is 169 cm³/mol. The molecule has 2 amide bonds. The average molecular weight is 629 g/mol. The Hall–Kier alpha value is -4.12. The highest BCUT2D eigenvalue weighted by atomic mass is 16.6. The van der Waals surface area contributed by atoms with Gasteiger partial charge >= 0.3 is 12.2 Å². The molecular weight excluding hydrogens is 584 g/mol.